The number of anilines is 3. The van der Waals surface area contributed by atoms with Crippen molar-refractivity contribution in [3.63, 3.8) is 0 Å². The average molecular weight is 548 g/mol. The van der Waals surface area contributed by atoms with Crippen molar-refractivity contribution < 1.29 is 21.6 Å². The second-order valence-corrected chi connectivity index (χ2v) is 11.6. The van der Waals surface area contributed by atoms with Gasteiger partial charge >= 0.3 is 0 Å². The van der Waals surface area contributed by atoms with Crippen molar-refractivity contribution in [3.05, 3.63) is 120 Å². The van der Waals surface area contributed by atoms with E-state index in [-0.39, 0.29) is 16.5 Å². The topological polar surface area (TPSA) is 113 Å². The first-order valence-electron chi connectivity index (χ1n) is 11.9. The molecule has 1 aliphatic heterocycles. The van der Waals surface area contributed by atoms with Crippen molar-refractivity contribution in [3.8, 4) is 0 Å². The molecule has 1 aliphatic rings. The van der Waals surface area contributed by atoms with Crippen LogP contribution < -0.4 is 14.9 Å². The largest absolute Gasteiger partial charge is 0.373 e. The van der Waals surface area contributed by atoms with Gasteiger partial charge < -0.3 is 10.6 Å². The van der Waals surface area contributed by atoms with Crippen LogP contribution in [0.3, 0.4) is 0 Å². The van der Waals surface area contributed by atoms with Gasteiger partial charge in [0.2, 0.25) is 5.91 Å². The van der Waals surface area contributed by atoms with Crippen molar-refractivity contribution in [2.24, 2.45) is 0 Å². The van der Waals surface area contributed by atoms with Crippen LogP contribution in [0.2, 0.25) is 0 Å². The van der Waals surface area contributed by atoms with E-state index < -0.39 is 38.6 Å². The zero-order chi connectivity index (χ0) is 26.7. The summed E-state index contributed by atoms with van der Waals surface area (Å²) >= 11 is 0. The standard InChI is InChI=1S/C28H25N3O5S2/c32-28(29-21-13-6-2-7-14-21)27-25(20-11-4-1-5-12-20)26-23(30-27)17-10-18-24(26)31(19-37(33)34)38(35,36)22-15-8-3-9-16-22/h1-18,25,27,30,37H,19H2,(H,29,32). The number of fused-ring (bicyclic) bond motifs is 1. The molecule has 0 fully saturated rings. The molecule has 38 heavy (non-hydrogen) atoms. The maximum atomic E-state index is 13.7. The molecule has 10 heteroatoms. The molecule has 2 N–H and O–H groups in total. The predicted octanol–water partition coefficient (Wildman–Crippen LogP) is 4.02. The van der Waals surface area contributed by atoms with E-state index >= 15 is 0 Å². The van der Waals surface area contributed by atoms with Crippen LogP contribution in [-0.2, 0) is 25.5 Å². The Balaban J connectivity index is 1.65. The van der Waals surface area contributed by atoms with E-state index in [0.29, 0.717) is 16.9 Å². The monoisotopic (exact) mass is 547 g/mol. The Morgan fingerprint density at radius 1 is 0.816 bits per heavy atom. The van der Waals surface area contributed by atoms with Gasteiger partial charge in [0.1, 0.15) is 11.9 Å². The Kier molecular flexibility index (Phi) is 7.17. The van der Waals surface area contributed by atoms with Gasteiger partial charge in [0.15, 0.2) is 10.7 Å². The molecular weight excluding hydrogens is 522 g/mol. The van der Waals surface area contributed by atoms with Crippen LogP contribution in [0, 0.1) is 0 Å². The summed E-state index contributed by atoms with van der Waals surface area (Å²) in [7, 11) is -7.34. The second-order valence-electron chi connectivity index (χ2n) is 8.74. The number of hydrogen-bond donors (Lipinski definition) is 3. The fraction of sp³-hybridized carbons (Fsp3) is 0.107. The third-order valence-electron chi connectivity index (χ3n) is 6.36. The van der Waals surface area contributed by atoms with Gasteiger partial charge in [-0.2, -0.15) is 0 Å². The minimum Gasteiger partial charge on any atom is -0.373 e. The number of carbonyl (C=O) groups is 1. The lowest BCUT2D eigenvalue weighted by atomic mass is 9.86. The molecule has 4 aromatic rings. The van der Waals surface area contributed by atoms with Gasteiger partial charge in [0, 0.05) is 22.9 Å². The van der Waals surface area contributed by atoms with Crippen LogP contribution in [0.15, 0.2) is 114 Å². The summed E-state index contributed by atoms with van der Waals surface area (Å²) in [5.41, 5.74) is 2.69. The Bertz CT molecular complexity index is 1620. The Morgan fingerprint density at radius 2 is 1.42 bits per heavy atom. The number of nitrogens with one attached hydrogen (secondary N) is 2. The first-order valence-corrected chi connectivity index (χ1v) is 14.7. The number of rotatable bonds is 8. The number of para-hydroxylation sites is 1. The molecule has 0 aromatic heterocycles. The summed E-state index contributed by atoms with van der Waals surface area (Å²) in [4.78, 5) is 13.5. The number of amides is 1. The summed E-state index contributed by atoms with van der Waals surface area (Å²) in [6, 6.07) is 30.2. The van der Waals surface area contributed by atoms with Crippen molar-refractivity contribution in [1.82, 2.24) is 0 Å². The number of thiol groups is 1. The van der Waals surface area contributed by atoms with Gasteiger partial charge in [0.05, 0.1) is 10.6 Å². The minimum absolute atomic E-state index is 0.0324. The molecule has 0 spiro atoms. The SMILES string of the molecule is O=C(Nc1ccccc1)C1Nc2cccc(N(C[SH](=O)=O)S(=O)(=O)c3ccccc3)c2C1c1ccccc1. The lowest BCUT2D eigenvalue weighted by Crippen LogP contribution is -2.37. The van der Waals surface area contributed by atoms with Crippen LogP contribution in [-0.4, -0.2) is 34.7 Å². The smallest absolute Gasteiger partial charge is 0.265 e. The Labute approximate surface area is 222 Å². The van der Waals surface area contributed by atoms with Crippen LogP contribution in [0.1, 0.15) is 17.0 Å². The Hall–Kier alpha value is -4.15. The first-order chi connectivity index (χ1) is 18.4. The third-order valence-corrected chi connectivity index (χ3v) is 8.84. The summed E-state index contributed by atoms with van der Waals surface area (Å²) in [6.07, 6.45) is 0. The second kappa shape index (κ2) is 10.7. The van der Waals surface area contributed by atoms with Gasteiger partial charge in [-0.1, -0.05) is 72.8 Å². The van der Waals surface area contributed by atoms with Crippen molar-refractivity contribution in [2.45, 2.75) is 16.9 Å². The van der Waals surface area contributed by atoms with Gasteiger partial charge in [-0.15, -0.1) is 0 Å². The highest BCUT2D eigenvalue weighted by Crippen LogP contribution is 2.47. The van der Waals surface area contributed by atoms with Crippen molar-refractivity contribution in [1.29, 1.82) is 0 Å². The summed E-state index contributed by atoms with van der Waals surface area (Å²) in [5, 5.41) is 6.18. The molecule has 0 aliphatic carbocycles. The van der Waals surface area contributed by atoms with Gasteiger partial charge in [0.25, 0.3) is 10.0 Å². The summed E-state index contributed by atoms with van der Waals surface area (Å²) in [6.45, 7) is 0. The molecule has 1 amide bonds. The predicted molar refractivity (Wildman–Crippen MR) is 148 cm³/mol. The molecule has 0 saturated carbocycles. The fourth-order valence-corrected chi connectivity index (χ4v) is 7.15. The zero-order valence-electron chi connectivity index (χ0n) is 20.1. The molecule has 8 nitrogen and oxygen atoms in total. The van der Waals surface area contributed by atoms with Gasteiger partial charge in [-0.25, -0.2) is 16.8 Å². The van der Waals surface area contributed by atoms with Crippen LogP contribution in [0.4, 0.5) is 17.1 Å². The van der Waals surface area contributed by atoms with Crippen LogP contribution >= 0.6 is 0 Å². The number of sulfonamides is 1. The maximum absolute atomic E-state index is 13.7. The van der Waals surface area contributed by atoms with E-state index in [0.717, 1.165) is 9.87 Å². The zero-order valence-corrected chi connectivity index (χ0v) is 21.8. The molecule has 5 rings (SSSR count). The normalized spacial score (nSPS) is 16.4. The number of benzene rings is 4. The molecule has 4 aromatic carbocycles. The molecule has 194 valence electrons. The van der Waals surface area contributed by atoms with Gasteiger partial charge in [-0.05, 0) is 42.0 Å². The highest BCUT2D eigenvalue weighted by molar-refractivity contribution is 7.93. The highest BCUT2D eigenvalue weighted by atomic mass is 32.2. The number of hydrogen-bond acceptors (Lipinski definition) is 6. The van der Waals surface area contributed by atoms with Gasteiger partial charge in [-0.3, -0.25) is 9.10 Å². The minimum atomic E-state index is -4.24. The van der Waals surface area contributed by atoms with E-state index in [9.17, 15) is 21.6 Å². The third kappa shape index (κ3) is 5.00. The lowest BCUT2D eigenvalue weighted by Gasteiger charge is -2.27. The van der Waals surface area contributed by atoms with E-state index in [2.05, 4.69) is 10.6 Å². The van der Waals surface area contributed by atoms with Crippen molar-refractivity contribution >= 4 is 43.7 Å². The summed E-state index contributed by atoms with van der Waals surface area (Å²) in [5.74, 6) is -1.64. The number of carbonyl (C=O) groups excluding carboxylic acids is 1. The van der Waals surface area contributed by atoms with E-state index in [1.807, 2.05) is 48.5 Å². The summed E-state index contributed by atoms with van der Waals surface area (Å²) < 4.78 is 52.2. The average Bonchev–Trinajstić information content (AvgIpc) is 3.33. The fourth-order valence-electron chi connectivity index (χ4n) is 4.72. The van der Waals surface area contributed by atoms with Crippen LogP contribution in [0.25, 0.3) is 0 Å². The molecular formula is C28H25N3O5S2. The van der Waals surface area contributed by atoms with E-state index in [1.54, 1.807) is 48.5 Å². The van der Waals surface area contributed by atoms with Crippen LogP contribution in [0.5, 0.6) is 0 Å². The lowest BCUT2D eigenvalue weighted by molar-refractivity contribution is -0.117. The molecule has 2 atom stereocenters. The molecule has 0 bridgehead atoms. The quantitative estimate of drug-likeness (QED) is 0.287. The molecule has 2 unspecified atom stereocenters. The van der Waals surface area contributed by atoms with Crippen molar-refractivity contribution in [2.75, 3.05) is 20.8 Å². The van der Waals surface area contributed by atoms with E-state index in [4.69, 9.17) is 0 Å². The number of nitrogens with zero attached hydrogens (tertiary/aromatic N) is 1. The highest BCUT2D eigenvalue weighted by Gasteiger charge is 2.42. The molecule has 0 radical (unpaired) electrons. The molecule has 0 saturated heterocycles. The first kappa shape index (κ1) is 25.5. The molecule has 1 heterocycles. The maximum Gasteiger partial charge on any atom is 0.265 e. The van der Waals surface area contributed by atoms with E-state index in [1.165, 1.54) is 12.1 Å². The Morgan fingerprint density at radius 3 is 2.05 bits per heavy atom.